The summed E-state index contributed by atoms with van der Waals surface area (Å²) in [7, 11) is 0. The fraction of sp³-hybridized carbons (Fsp3) is 0. The summed E-state index contributed by atoms with van der Waals surface area (Å²) >= 11 is 1.86. The maximum Gasteiger partial charge on any atom is 0.235 e. The molecule has 0 atom stereocenters. The van der Waals surface area contributed by atoms with E-state index in [0.717, 1.165) is 44.3 Å². The van der Waals surface area contributed by atoms with Gasteiger partial charge in [0.05, 0.1) is 22.2 Å². The average Bonchev–Trinajstić information content (AvgIpc) is 3.83. The van der Waals surface area contributed by atoms with Crippen molar-refractivity contribution in [3.05, 3.63) is 188 Å². The SMILES string of the molecule is c1ccc(-c2nc(-n3c4c(-c5cccc(-c6cccc7sc8ccccc8c67)c5)cccc4c4c5ccccc5c5ccccc5c43)nc3ccccc23)cc1. The molecule has 0 aliphatic carbocycles. The van der Waals surface area contributed by atoms with Gasteiger partial charge in [0.2, 0.25) is 5.95 Å². The molecule has 12 rings (SSSR count). The third-order valence-corrected chi connectivity index (χ3v) is 12.5. The summed E-state index contributed by atoms with van der Waals surface area (Å²) in [5.41, 5.74) is 9.81. The first-order chi connectivity index (χ1) is 27.8. The van der Waals surface area contributed by atoms with Gasteiger partial charge in [-0.15, -0.1) is 11.3 Å². The van der Waals surface area contributed by atoms with Crippen LogP contribution in [-0.4, -0.2) is 14.5 Å². The van der Waals surface area contributed by atoms with Gasteiger partial charge >= 0.3 is 0 Å². The van der Waals surface area contributed by atoms with Crippen LogP contribution in [0.15, 0.2) is 188 Å². The summed E-state index contributed by atoms with van der Waals surface area (Å²) in [6.45, 7) is 0. The largest absolute Gasteiger partial charge is 0.277 e. The van der Waals surface area contributed by atoms with E-state index in [0.29, 0.717) is 5.95 Å². The van der Waals surface area contributed by atoms with Crippen LogP contribution in [0.2, 0.25) is 0 Å². The highest BCUT2D eigenvalue weighted by atomic mass is 32.1. The number of aromatic nitrogens is 3. The van der Waals surface area contributed by atoms with Crippen molar-refractivity contribution in [3.8, 4) is 39.5 Å². The van der Waals surface area contributed by atoms with Crippen molar-refractivity contribution in [1.82, 2.24) is 14.5 Å². The number of thiophene rings is 1. The standard InChI is InChI=1S/C52H31N3S/c1-2-15-32(16-3-1)49-41-23-8-10-28-44(41)53-52(54-49)55-50-36(26-13-27-43(50)48-39-21-6-4-19-37(39)38-20-5-7-22-40(38)51(48)55)34-18-12-17-33(31-34)35-25-14-30-46-47(35)42-24-9-11-29-45(42)56-46/h1-31H. The molecule has 0 bridgehead atoms. The van der Waals surface area contributed by atoms with Crippen molar-refractivity contribution in [2.24, 2.45) is 0 Å². The minimum absolute atomic E-state index is 0.654. The van der Waals surface area contributed by atoms with E-state index in [-0.39, 0.29) is 0 Å². The lowest BCUT2D eigenvalue weighted by Crippen LogP contribution is -2.04. The number of para-hydroxylation sites is 2. The van der Waals surface area contributed by atoms with Crippen LogP contribution in [-0.2, 0) is 0 Å². The van der Waals surface area contributed by atoms with E-state index in [1.807, 2.05) is 11.3 Å². The van der Waals surface area contributed by atoms with Gasteiger partial charge in [-0.2, -0.15) is 0 Å². The van der Waals surface area contributed by atoms with Gasteiger partial charge in [0, 0.05) is 52.8 Å². The lowest BCUT2D eigenvalue weighted by atomic mass is 9.94. The second kappa shape index (κ2) is 12.2. The Morgan fingerprint density at radius 2 is 0.929 bits per heavy atom. The first-order valence-corrected chi connectivity index (χ1v) is 19.8. The number of benzene rings is 9. The molecule has 3 heterocycles. The molecule has 0 saturated carbocycles. The molecule has 0 saturated heterocycles. The Kier molecular flexibility index (Phi) is 6.80. The molecule has 56 heavy (non-hydrogen) atoms. The third-order valence-electron chi connectivity index (χ3n) is 11.4. The molecule has 4 heteroatoms. The molecule has 0 radical (unpaired) electrons. The van der Waals surface area contributed by atoms with E-state index >= 15 is 0 Å². The van der Waals surface area contributed by atoms with Crippen LogP contribution in [0.25, 0.3) is 114 Å². The van der Waals surface area contributed by atoms with Crippen LogP contribution >= 0.6 is 11.3 Å². The molecule has 3 nitrogen and oxygen atoms in total. The van der Waals surface area contributed by atoms with Crippen LogP contribution in [0.3, 0.4) is 0 Å². The summed E-state index contributed by atoms with van der Waals surface area (Å²) < 4.78 is 4.97. The lowest BCUT2D eigenvalue weighted by Gasteiger charge is -2.15. The topological polar surface area (TPSA) is 30.7 Å². The molecule has 12 aromatic rings. The van der Waals surface area contributed by atoms with Crippen molar-refractivity contribution in [2.75, 3.05) is 0 Å². The summed E-state index contributed by atoms with van der Waals surface area (Å²) in [6.07, 6.45) is 0. The fourth-order valence-corrected chi connectivity index (χ4v) is 10.1. The van der Waals surface area contributed by atoms with Gasteiger partial charge in [0.1, 0.15) is 0 Å². The Morgan fingerprint density at radius 1 is 0.357 bits per heavy atom. The highest BCUT2D eigenvalue weighted by Gasteiger charge is 2.24. The number of hydrogen-bond acceptors (Lipinski definition) is 3. The highest BCUT2D eigenvalue weighted by Crippen LogP contribution is 2.46. The molecule has 0 fully saturated rings. The van der Waals surface area contributed by atoms with Gasteiger partial charge in [-0.1, -0.05) is 164 Å². The predicted molar refractivity (Wildman–Crippen MR) is 238 cm³/mol. The Bertz CT molecular complexity index is 3540. The van der Waals surface area contributed by atoms with Crippen LogP contribution in [0.1, 0.15) is 0 Å². The molecule has 3 aromatic heterocycles. The van der Waals surface area contributed by atoms with Gasteiger partial charge in [0.15, 0.2) is 0 Å². The predicted octanol–water partition coefficient (Wildman–Crippen LogP) is 14.4. The summed E-state index contributed by atoms with van der Waals surface area (Å²) in [6, 6.07) is 67.8. The first-order valence-electron chi connectivity index (χ1n) is 19.0. The number of rotatable bonds is 4. The Balaban J connectivity index is 1.22. The third kappa shape index (κ3) is 4.57. The smallest absolute Gasteiger partial charge is 0.235 e. The normalized spacial score (nSPS) is 11.9. The van der Waals surface area contributed by atoms with Gasteiger partial charge < -0.3 is 0 Å². The first kappa shape index (κ1) is 31.2. The second-order valence-corrected chi connectivity index (χ2v) is 15.5. The zero-order valence-electron chi connectivity index (χ0n) is 30.1. The van der Waals surface area contributed by atoms with Crippen molar-refractivity contribution in [2.45, 2.75) is 0 Å². The molecule has 0 unspecified atom stereocenters. The van der Waals surface area contributed by atoms with Crippen LogP contribution in [0.5, 0.6) is 0 Å². The second-order valence-electron chi connectivity index (χ2n) is 14.5. The minimum atomic E-state index is 0.654. The quantitative estimate of drug-likeness (QED) is 0.169. The lowest BCUT2D eigenvalue weighted by molar-refractivity contribution is 1.02. The number of fused-ring (bicyclic) bond motifs is 12. The van der Waals surface area contributed by atoms with Crippen molar-refractivity contribution in [3.63, 3.8) is 0 Å². The van der Waals surface area contributed by atoms with Crippen LogP contribution in [0, 0.1) is 0 Å². The monoisotopic (exact) mass is 729 g/mol. The summed E-state index contributed by atoms with van der Waals surface area (Å²) in [4.78, 5) is 10.9. The Morgan fingerprint density at radius 3 is 1.77 bits per heavy atom. The minimum Gasteiger partial charge on any atom is -0.277 e. The molecule has 0 spiro atoms. The number of nitrogens with zero attached hydrogens (tertiary/aromatic N) is 3. The molecule has 0 aliphatic rings. The van der Waals surface area contributed by atoms with Crippen molar-refractivity contribution in [1.29, 1.82) is 0 Å². The average molecular weight is 730 g/mol. The number of hydrogen-bond donors (Lipinski definition) is 0. The van der Waals surface area contributed by atoms with E-state index in [4.69, 9.17) is 9.97 Å². The van der Waals surface area contributed by atoms with Gasteiger partial charge in [-0.3, -0.25) is 4.57 Å². The Labute approximate surface area is 326 Å². The van der Waals surface area contributed by atoms with Gasteiger partial charge in [-0.05, 0) is 57.1 Å². The zero-order valence-corrected chi connectivity index (χ0v) is 31.0. The van der Waals surface area contributed by atoms with E-state index in [2.05, 4.69) is 193 Å². The van der Waals surface area contributed by atoms with Gasteiger partial charge in [0.25, 0.3) is 0 Å². The molecular weight excluding hydrogens is 699 g/mol. The van der Waals surface area contributed by atoms with Gasteiger partial charge in [-0.25, -0.2) is 9.97 Å². The zero-order chi connectivity index (χ0) is 36.7. The Hall–Kier alpha value is -7.14. The molecule has 260 valence electrons. The molecular formula is C52H31N3S. The van der Waals surface area contributed by atoms with Crippen molar-refractivity contribution >= 4 is 85.8 Å². The maximum atomic E-state index is 5.51. The molecule has 0 N–H and O–H groups in total. The van der Waals surface area contributed by atoms with Crippen LogP contribution in [0.4, 0.5) is 0 Å². The summed E-state index contributed by atoms with van der Waals surface area (Å²) in [5, 5.41) is 10.9. The maximum absolute atomic E-state index is 5.51. The fourth-order valence-electron chi connectivity index (χ4n) is 9.01. The van der Waals surface area contributed by atoms with Crippen LogP contribution < -0.4 is 0 Å². The molecule has 0 amide bonds. The molecule has 9 aromatic carbocycles. The highest BCUT2D eigenvalue weighted by molar-refractivity contribution is 7.25. The van der Waals surface area contributed by atoms with E-state index in [9.17, 15) is 0 Å². The van der Waals surface area contributed by atoms with E-state index < -0.39 is 0 Å². The van der Waals surface area contributed by atoms with E-state index in [1.165, 1.54) is 63.6 Å². The van der Waals surface area contributed by atoms with Crippen molar-refractivity contribution < 1.29 is 0 Å². The summed E-state index contributed by atoms with van der Waals surface area (Å²) in [5.74, 6) is 0.654. The molecule has 0 aliphatic heterocycles. The van der Waals surface area contributed by atoms with E-state index in [1.54, 1.807) is 0 Å².